The zero-order chi connectivity index (χ0) is 19.3. The molecule has 1 saturated carbocycles. The molecule has 1 heterocycles. The zero-order valence-electron chi connectivity index (χ0n) is 17.0. The highest BCUT2D eigenvalue weighted by molar-refractivity contribution is 5.90. The van der Waals surface area contributed by atoms with E-state index in [-0.39, 0.29) is 11.9 Å². The maximum absolute atomic E-state index is 12.9. The van der Waals surface area contributed by atoms with Crippen LogP contribution in [0.2, 0.25) is 0 Å². The van der Waals surface area contributed by atoms with Gasteiger partial charge in [0.05, 0.1) is 6.61 Å². The molecule has 26 heavy (non-hydrogen) atoms. The molecule has 0 aromatic carbocycles. The molecule has 1 amide bonds. The maximum Gasteiger partial charge on any atom is 0.355 e. The highest BCUT2D eigenvalue weighted by atomic mass is 16.5. The minimum Gasteiger partial charge on any atom is -0.461 e. The van der Waals surface area contributed by atoms with Crippen LogP contribution in [0.1, 0.15) is 86.6 Å². The lowest BCUT2D eigenvalue weighted by Gasteiger charge is -2.35. The van der Waals surface area contributed by atoms with Crippen LogP contribution in [-0.4, -0.2) is 34.4 Å². The molecule has 1 aromatic rings. The zero-order valence-corrected chi connectivity index (χ0v) is 17.0. The number of H-pyrrole nitrogens is 1. The predicted molar refractivity (Wildman–Crippen MR) is 103 cm³/mol. The van der Waals surface area contributed by atoms with E-state index in [4.69, 9.17) is 4.74 Å². The predicted octanol–water partition coefficient (Wildman–Crippen LogP) is 4.52. The average molecular weight is 363 g/mol. The van der Waals surface area contributed by atoms with Crippen LogP contribution in [0.15, 0.2) is 0 Å². The molecule has 1 aliphatic rings. The summed E-state index contributed by atoms with van der Waals surface area (Å²) in [6.45, 7) is 10.8. The van der Waals surface area contributed by atoms with Gasteiger partial charge in [0.15, 0.2) is 0 Å². The van der Waals surface area contributed by atoms with E-state index in [2.05, 4.69) is 23.7 Å². The summed E-state index contributed by atoms with van der Waals surface area (Å²) in [6.07, 6.45) is 6.38. The third kappa shape index (κ3) is 4.89. The number of rotatable bonds is 7. The van der Waals surface area contributed by atoms with Gasteiger partial charge in [0, 0.05) is 24.7 Å². The van der Waals surface area contributed by atoms with Crippen molar-refractivity contribution in [1.82, 2.24) is 9.88 Å². The highest BCUT2D eigenvalue weighted by Crippen LogP contribution is 2.28. The van der Waals surface area contributed by atoms with Crippen LogP contribution in [0.5, 0.6) is 0 Å². The van der Waals surface area contributed by atoms with Crippen molar-refractivity contribution < 1.29 is 14.3 Å². The number of hydrogen-bond donors (Lipinski definition) is 1. The molecule has 0 unspecified atom stereocenters. The fourth-order valence-corrected chi connectivity index (χ4v) is 3.88. The van der Waals surface area contributed by atoms with Crippen molar-refractivity contribution >= 4 is 11.9 Å². The largest absolute Gasteiger partial charge is 0.461 e. The molecule has 5 nitrogen and oxygen atoms in total. The van der Waals surface area contributed by atoms with Gasteiger partial charge in [-0.1, -0.05) is 33.1 Å². The Morgan fingerprint density at radius 2 is 1.85 bits per heavy atom. The number of carbonyl (C=O) groups is 2. The first-order chi connectivity index (χ1) is 12.3. The SMILES string of the molecule is CCOC(=O)c1[nH]c(C)c(CN(C(=O)CC(C)C)C2CCCCC2)c1C. The molecule has 1 N–H and O–H groups in total. The Kier molecular flexibility index (Phi) is 7.30. The van der Waals surface area contributed by atoms with Gasteiger partial charge in [0.2, 0.25) is 5.91 Å². The van der Waals surface area contributed by atoms with Crippen molar-refractivity contribution in [2.24, 2.45) is 5.92 Å². The second-order valence-electron chi connectivity index (χ2n) is 7.86. The average Bonchev–Trinajstić information content (AvgIpc) is 2.87. The van der Waals surface area contributed by atoms with Gasteiger partial charge in [-0.3, -0.25) is 4.79 Å². The molecular formula is C21H34N2O3. The van der Waals surface area contributed by atoms with Crippen LogP contribution in [0, 0.1) is 19.8 Å². The third-order valence-corrected chi connectivity index (χ3v) is 5.32. The first kappa shape index (κ1) is 20.5. The molecule has 0 aliphatic heterocycles. The summed E-state index contributed by atoms with van der Waals surface area (Å²) in [5.74, 6) is 0.249. The van der Waals surface area contributed by atoms with Crippen molar-refractivity contribution in [3.8, 4) is 0 Å². The second kappa shape index (κ2) is 9.24. The van der Waals surface area contributed by atoms with Gasteiger partial charge in [-0.15, -0.1) is 0 Å². The van der Waals surface area contributed by atoms with Crippen molar-refractivity contribution in [1.29, 1.82) is 0 Å². The molecule has 1 aliphatic carbocycles. The van der Waals surface area contributed by atoms with Crippen molar-refractivity contribution in [3.63, 3.8) is 0 Å². The molecule has 2 rings (SSSR count). The first-order valence-electron chi connectivity index (χ1n) is 9.99. The number of aromatic nitrogens is 1. The van der Waals surface area contributed by atoms with Gasteiger partial charge in [-0.2, -0.15) is 0 Å². The van der Waals surface area contributed by atoms with E-state index in [0.717, 1.165) is 29.7 Å². The van der Waals surface area contributed by atoms with E-state index in [1.54, 1.807) is 6.92 Å². The number of aromatic amines is 1. The summed E-state index contributed by atoms with van der Waals surface area (Å²) in [6, 6.07) is 0.315. The molecule has 0 radical (unpaired) electrons. The summed E-state index contributed by atoms with van der Waals surface area (Å²) >= 11 is 0. The van der Waals surface area contributed by atoms with E-state index in [1.165, 1.54) is 19.3 Å². The molecule has 0 atom stereocenters. The molecule has 0 saturated heterocycles. The molecule has 1 aromatic heterocycles. The number of ether oxygens (including phenoxy) is 1. The van der Waals surface area contributed by atoms with Gasteiger partial charge >= 0.3 is 5.97 Å². The van der Waals surface area contributed by atoms with Crippen LogP contribution < -0.4 is 0 Å². The van der Waals surface area contributed by atoms with Gasteiger partial charge < -0.3 is 14.6 Å². The van der Waals surface area contributed by atoms with Gasteiger partial charge in [-0.25, -0.2) is 4.79 Å². The van der Waals surface area contributed by atoms with Crippen LogP contribution in [-0.2, 0) is 16.1 Å². The quantitative estimate of drug-likeness (QED) is 0.726. The van der Waals surface area contributed by atoms with Crippen molar-refractivity contribution in [2.45, 2.75) is 85.7 Å². The molecule has 0 spiro atoms. The topological polar surface area (TPSA) is 62.4 Å². The maximum atomic E-state index is 12.9. The Morgan fingerprint density at radius 1 is 1.19 bits per heavy atom. The van der Waals surface area contributed by atoms with E-state index < -0.39 is 0 Å². The standard InChI is InChI=1S/C21H34N2O3/c1-6-26-21(25)20-15(4)18(16(5)22-20)13-23(19(24)12-14(2)3)17-10-8-7-9-11-17/h14,17,22H,6-13H2,1-5H3. The van der Waals surface area contributed by atoms with Gasteiger partial charge in [0.1, 0.15) is 5.69 Å². The fraction of sp³-hybridized carbons (Fsp3) is 0.714. The Morgan fingerprint density at radius 3 is 2.42 bits per heavy atom. The number of nitrogens with zero attached hydrogens (tertiary/aromatic N) is 1. The summed E-state index contributed by atoms with van der Waals surface area (Å²) in [5, 5.41) is 0. The van der Waals surface area contributed by atoms with E-state index in [9.17, 15) is 9.59 Å². The van der Waals surface area contributed by atoms with Crippen LogP contribution in [0.25, 0.3) is 0 Å². The number of nitrogens with one attached hydrogen (secondary N) is 1. The normalized spacial score (nSPS) is 15.3. The summed E-state index contributed by atoms with van der Waals surface area (Å²) in [7, 11) is 0. The summed E-state index contributed by atoms with van der Waals surface area (Å²) in [5.41, 5.74) is 3.41. The van der Waals surface area contributed by atoms with E-state index in [0.29, 0.717) is 37.2 Å². The molecule has 0 bridgehead atoms. The Hall–Kier alpha value is -1.78. The van der Waals surface area contributed by atoms with E-state index >= 15 is 0 Å². The fourth-order valence-electron chi connectivity index (χ4n) is 3.88. The smallest absolute Gasteiger partial charge is 0.355 e. The molecule has 1 fully saturated rings. The number of amides is 1. The summed E-state index contributed by atoms with van der Waals surface area (Å²) in [4.78, 5) is 30.4. The van der Waals surface area contributed by atoms with Crippen LogP contribution >= 0.6 is 0 Å². The summed E-state index contributed by atoms with van der Waals surface area (Å²) < 4.78 is 5.15. The lowest BCUT2D eigenvalue weighted by Crippen LogP contribution is -2.41. The monoisotopic (exact) mass is 362 g/mol. The van der Waals surface area contributed by atoms with Crippen LogP contribution in [0.3, 0.4) is 0 Å². The van der Waals surface area contributed by atoms with Gasteiger partial charge in [0.25, 0.3) is 0 Å². The minimum absolute atomic E-state index is 0.226. The number of esters is 1. The minimum atomic E-state index is -0.322. The van der Waals surface area contributed by atoms with Crippen molar-refractivity contribution in [3.05, 3.63) is 22.5 Å². The molecule has 146 valence electrons. The molecule has 5 heteroatoms. The lowest BCUT2D eigenvalue weighted by atomic mass is 9.93. The Balaban J connectivity index is 2.27. The van der Waals surface area contributed by atoms with E-state index in [1.807, 2.05) is 13.8 Å². The first-order valence-corrected chi connectivity index (χ1v) is 9.99. The number of carbonyl (C=O) groups excluding carboxylic acids is 2. The van der Waals surface area contributed by atoms with Crippen molar-refractivity contribution in [2.75, 3.05) is 6.61 Å². The lowest BCUT2D eigenvalue weighted by molar-refractivity contribution is -0.135. The highest BCUT2D eigenvalue weighted by Gasteiger charge is 2.28. The van der Waals surface area contributed by atoms with Gasteiger partial charge in [-0.05, 0) is 50.7 Å². The Bertz CT molecular complexity index is 627. The third-order valence-electron chi connectivity index (χ3n) is 5.32. The number of hydrogen-bond acceptors (Lipinski definition) is 3. The number of aryl methyl sites for hydroxylation is 1. The Labute approximate surface area is 157 Å². The second-order valence-corrected chi connectivity index (χ2v) is 7.86. The van der Waals surface area contributed by atoms with Crippen LogP contribution in [0.4, 0.5) is 0 Å². The molecular weight excluding hydrogens is 328 g/mol.